The number of carbonyl (C=O) groups is 3. The molecule has 0 aromatic heterocycles. The highest BCUT2D eigenvalue weighted by molar-refractivity contribution is 6.30. The van der Waals surface area contributed by atoms with Gasteiger partial charge >= 0.3 is 12.1 Å². The molecule has 0 saturated carbocycles. The molecule has 156 valence electrons. The van der Waals surface area contributed by atoms with Gasteiger partial charge in [-0.25, -0.2) is 9.59 Å². The third-order valence-electron chi connectivity index (χ3n) is 6.43. The average molecular weight is 420 g/mol. The fraction of sp³-hybridized carbons (Fsp3) is 0.550. The Morgan fingerprint density at radius 2 is 1.79 bits per heavy atom. The maximum Gasteiger partial charge on any atom is 0.321 e. The van der Waals surface area contributed by atoms with Crippen molar-refractivity contribution in [3.05, 3.63) is 29.3 Å². The molecule has 1 aromatic carbocycles. The average Bonchev–Trinajstić information content (AvgIpc) is 3.24. The molecule has 9 heteroatoms. The van der Waals surface area contributed by atoms with Crippen molar-refractivity contribution in [2.45, 2.75) is 18.4 Å². The van der Waals surface area contributed by atoms with Crippen LogP contribution in [0.25, 0.3) is 0 Å². The number of anilines is 1. The molecule has 29 heavy (non-hydrogen) atoms. The van der Waals surface area contributed by atoms with Crippen molar-refractivity contribution >= 4 is 35.3 Å². The first-order chi connectivity index (χ1) is 13.8. The molecule has 3 aliphatic rings. The van der Waals surface area contributed by atoms with Gasteiger partial charge in [-0.1, -0.05) is 11.6 Å². The number of halogens is 1. The van der Waals surface area contributed by atoms with Crippen LogP contribution in [0.3, 0.4) is 0 Å². The molecule has 0 bridgehead atoms. The summed E-state index contributed by atoms with van der Waals surface area (Å²) in [6.45, 7) is 2.17. The van der Waals surface area contributed by atoms with Gasteiger partial charge in [0.05, 0.1) is 5.92 Å². The van der Waals surface area contributed by atoms with E-state index >= 15 is 0 Å². The summed E-state index contributed by atoms with van der Waals surface area (Å²) in [5.74, 6) is -0.0307. The molecule has 8 nitrogen and oxygen atoms in total. The molecule has 3 saturated heterocycles. The van der Waals surface area contributed by atoms with Gasteiger partial charge in [-0.15, -0.1) is 0 Å². The Kier molecular flexibility index (Phi) is 5.06. The number of nitrogens with one attached hydrogen (secondary N) is 2. The van der Waals surface area contributed by atoms with Crippen LogP contribution in [0.1, 0.15) is 12.8 Å². The maximum atomic E-state index is 12.6. The van der Waals surface area contributed by atoms with Gasteiger partial charge in [-0.2, -0.15) is 0 Å². The molecule has 5 amide bonds. The summed E-state index contributed by atoms with van der Waals surface area (Å²) in [6, 6.07) is 6.79. The van der Waals surface area contributed by atoms with E-state index in [1.165, 1.54) is 0 Å². The summed E-state index contributed by atoms with van der Waals surface area (Å²) in [4.78, 5) is 42.6. The minimum absolute atomic E-state index is 0.0307. The van der Waals surface area contributed by atoms with Crippen molar-refractivity contribution in [2.24, 2.45) is 11.8 Å². The number of hydrogen-bond donors (Lipinski definition) is 2. The van der Waals surface area contributed by atoms with Crippen LogP contribution in [0.2, 0.25) is 5.02 Å². The third kappa shape index (κ3) is 3.61. The highest BCUT2D eigenvalue weighted by Gasteiger charge is 2.58. The van der Waals surface area contributed by atoms with Crippen LogP contribution in [0.5, 0.6) is 0 Å². The molecule has 3 heterocycles. The lowest BCUT2D eigenvalue weighted by molar-refractivity contribution is -0.123. The summed E-state index contributed by atoms with van der Waals surface area (Å²) >= 11 is 5.88. The quantitative estimate of drug-likeness (QED) is 0.730. The van der Waals surface area contributed by atoms with Gasteiger partial charge in [0.15, 0.2) is 0 Å². The van der Waals surface area contributed by atoms with Crippen LogP contribution in [-0.2, 0) is 4.79 Å². The Bertz CT molecular complexity index is 820. The van der Waals surface area contributed by atoms with Crippen LogP contribution in [0.15, 0.2) is 24.3 Å². The lowest BCUT2D eigenvalue weighted by Crippen LogP contribution is -2.57. The second-order valence-electron chi connectivity index (χ2n) is 8.36. The number of hydrogen-bond acceptors (Lipinski definition) is 3. The Morgan fingerprint density at radius 1 is 1.14 bits per heavy atom. The number of benzene rings is 1. The number of amides is 5. The predicted molar refractivity (Wildman–Crippen MR) is 110 cm³/mol. The molecule has 0 unspecified atom stereocenters. The molecule has 1 aromatic rings. The van der Waals surface area contributed by atoms with Gasteiger partial charge in [0, 0.05) is 62.4 Å². The summed E-state index contributed by atoms with van der Waals surface area (Å²) in [5, 5.41) is 6.72. The molecular weight excluding hydrogens is 394 g/mol. The first-order valence-corrected chi connectivity index (χ1v) is 10.3. The number of urea groups is 2. The van der Waals surface area contributed by atoms with Crippen molar-refractivity contribution < 1.29 is 14.4 Å². The zero-order chi connectivity index (χ0) is 20.8. The van der Waals surface area contributed by atoms with Gasteiger partial charge in [-0.05, 0) is 37.1 Å². The highest BCUT2D eigenvalue weighted by atomic mass is 35.5. The maximum absolute atomic E-state index is 12.6. The normalized spacial score (nSPS) is 25.0. The van der Waals surface area contributed by atoms with Gasteiger partial charge < -0.3 is 25.3 Å². The summed E-state index contributed by atoms with van der Waals surface area (Å²) in [5.41, 5.74) is 0.364. The van der Waals surface area contributed by atoms with Gasteiger partial charge in [0.25, 0.3) is 0 Å². The number of fused-ring (bicyclic) bond motifs is 2. The summed E-state index contributed by atoms with van der Waals surface area (Å²) < 4.78 is 0. The molecule has 2 N–H and O–H groups in total. The minimum atomic E-state index is -0.333. The SMILES string of the molecule is CN(C)C(=O)N1C[C@H]2C(=O)NC3(CCN(C(=O)Nc4ccc(Cl)cc4)CC3)[C@H]2C1. The van der Waals surface area contributed by atoms with Crippen LogP contribution < -0.4 is 10.6 Å². The third-order valence-corrected chi connectivity index (χ3v) is 6.68. The molecule has 3 fully saturated rings. The van der Waals surface area contributed by atoms with E-state index in [4.69, 9.17) is 11.6 Å². The molecule has 3 aliphatic heterocycles. The van der Waals surface area contributed by atoms with Crippen LogP contribution in [0.4, 0.5) is 15.3 Å². The summed E-state index contributed by atoms with van der Waals surface area (Å²) in [6.07, 6.45) is 1.38. The Balaban J connectivity index is 1.39. The smallest absolute Gasteiger partial charge is 0.321 e. The summed E-state index contributed by atoms with van der Waals surface area (Å²) in [7, 11) is 3.45. The molecule has 4 rings (SSSR count). The molecule has 1 spiro atoms. The highest BCUT2D eigenvalue weighted by Crippen LogP contribution is 2.44. The van der Waals surface area contributed by atoms with Crippen molar-refractivity contribution in [1.82, 2.24) is 20.0 Å². The minimum Gasteiger partial charge on any atom is -0.350 e. The van der Waals surface area contributed by atoms with E-state index < -0.39 is 0 Å². The Hall–Kier alpha value is -2.48. The van der Waals surface area contributed by atoms with Gasteiger partial charge in [0.1, 0.15) is 0 Å². The number of piperidine rings is 1. The van der Waals surface area contributed by atoms with Crippen LogP contribution in [-0.4, -0.2) is 78.5 Å². The Labute approximate surface area is 175 Å². The Morgan fingerprint density at radius 3 is 2.41 bits per heavy atom. The topological polar surface area (TPSA) is 85.0 Å². The van der Waals surface area contributed by atoms with Crippen LogP contribution >= 0.6 is 11.6 Å². The first kappa shape index (κ1) is 19.8. The van der Waals surface area contributed by atoms with E-state index in [0.717, 1.165) is 0 Å². The van der Waals surface area contributed by atoms with Crippen molar-refractivity contribution in [3.63, 3.8) is 0 Å². The zero-order valence-electron chi connectivity index (χ0n) is 16.7. The number of carbonyl (C=O) groups excluding carboxylic acids is 3. The molecule has 2 atom stereocenters. The second kappa shape index (κ2) is 7.40. The van der Waals surface area contributed by atoms with E-state index in [0.29, 0.717) is 49.7 Å². The van der Waals surface area contributed by atoms with E-state index in [1.54, 1.807) is 53.1 Å². The fourth-order valence-electron chi connectivity index (χ4n) is 4.84. The van der Waals surface area contributed by atoms with E-state index in [9.17, 15) is 14.4 Å². The standard InChI is InChI=1S/C20H26ClN5O3/c1-24(2)19(29)26-11-15-16(12-26)20(23-17(15)27)7-9-25(10-8-20)18(28)22-14-5-3-13(21)4-6-14/h3-6,15-16H,7-12H2,1-2H3,(H,22,28)(H,23,27)/t15-,16+/m1/s1. The van der Waals surface area contributed by atoms with Gasteiger partial charge in [-0.3, -0.25) is 4.79 Å². The van der Waals surface area contributed by atoms with Crippen molar-refractivity contribution in [3.8, 4) is 0 Å². The second-order valence-corrected chi connectivity index (χ2v) is 8.80. The van der Waals surface area contributed by atoms with E-state index in [1.807, 2.05) is 0 Å². The number of likely N-dealkylation sites (tertiary alicyclic amines) is 2. The monoisotopic (exact) mass is 419 g/mol. The fourth-order valence-corrected chi connectivity index (χ4v) is 4.97. The van der Waals surface area contributed by atoms with E-state index in [2.05, 4.69) is 10.6 Å². The van der Waals surface area contributed by atoms with Crippen molar-refractivity contribution in [2.75, 3.05) is 45.6 Å². The van der Waals surface area contributed by atoms with E-state index in [-0.39, 0.29) is 35.3 Å². The largest absolute Gasteiger partial charge is 0.350 e. The van der Waals surface area contributed by atoms with Crippen molar-refractivity contribution in [1.29, 1.82) is 0 Å². The molecule has 0 aliphatic carbocycles. The predicted octanol–water partition coefficient (Wildman–Crippen LogP) is 2.07. The number of nitrogens with zero attached hydrogens (tertiary/aromatic N) is 3. The lowest BCUT2D eigenvalue weighted by Gasteiger charge is -2.42. The zero-order valence-corrected chi connectivity index (χ0v) is 17.4. The first-order valence-electron chi connectivity index (χ1n) is 9.89. The van der Waals surface area contributed by atoms with Crippen LogP contribution in [0, 0.1) is 11.8 Å². The van der Waals surface area contributed by atoms with Gasteiger partial charge in [0.2, 0.25) is 5.91 Å². The molecule has 0 radical (unpaired) electrons. The molecular formula is C20H26ClN5O3. The lowest BCUT2D eigenvalue weighted by atomic mass is 9.75. The number of rotatable bonds is 1.